The summed E-state index contributed by atoms with van der Waals surface area (Å²) in [5.41, 5.74) is 2.22. The van der Waals surface area contributed by atoms with Crippen molar-refractivity contribution < 1.29 is 14.3 Å². The second-order valence-electron chi connectivity index (χ2n) is 8.90. The zero-order valence-electron chi connectivity index (χ0n) is 19.1. The number of alkyl carbamates (subject to hydrolysis) is 1. The average molecular weight is 438 g/mol. The minimum Gasteiger partial charge on any atom is -0.445 e. The monoisotopic (exact) mass is 437 g/mol. The standard InChI is InChI=1S/C26H35N3O3/c1-20(2)24(28-26(31)32-19-22-12-7-4-8-13-22)25(30)27-16-23-14-9-15-29(18-23)17-21-10-5-3-6-11-21/h3-8,10-13,20,23-24H,9,14-19H2,1-2H3,(H,27,30)(H,28,31)/t23?,24-/m0/s1. The molecular weight excluding hydrogens is 402 g/mol. The highest BCUT2D eigenvalue weighted by molar-refractivity contribution is 5.85. The Labute approximate surface area is 191 Å². The molecule has 32 heavy (non-hydrogen) atoms. The second kappa shape index (κ2) is 12.2. The van der Waals surface area contributed by atoms with Gasteiger partial charge in [-0.25, -0.2) is 4.79 Å². The maximum Gasteiger partial charge on any atom is 0.408 e. The number of likely N-dealkylation sites (tertiary alicyclic amines) is 1. The van der Waals surface area contributed by atoms with Gasteiger partial charge in [0, 0.05) is 19.6 Å². The summed E-state index contributed by atoms with van der Waals surface area (Å²) in [5.74, 6) is 0.214. The number of nitrogens with zero attached hydrogens (tertiary/aromatic N) is 1. The molecule has 172 valence electrons. The van der Waals surface area contributed by atoms with Crippen LogP contribution in [0.5, 0.6) is 0 Å². The minimum absolute atomic E-state index is 0.0415. The summed E-state index contributed by atoms with van der Waals surface area (Å²) >= 11 is 0. The van der Waals surface area contributed by atoms with Crippen molar-refractivity contribution in [1.82, 2.24) is 15.5 Å². The topological polar surface area (TPSA) is 70.7 Å². The van der Waals surface area contributed by atoms with Crippen molar-refractivity contribution in [2.75, 3.05) is 19.6 Å². The fourth-order valence-corrected chi connectivity index (χ4v) is 4.08. The molecule has 3 rings (SSSR count). The Morgan fingerprint density at radius 2 is 1.69 bits per heavy atom. The Morgan fingerprint density at radius 1 is 1.03 bits per heavy atom. The lowest BCUT2D eigenvalue weighted by molar-refractivity contribution is -0.124. The van der Waals surface area contributed by atoms with Crippen LogP contribution < -0.4 is 10.6 Å². The molecular formula is C26H35N3O3. The van der Waals surface area contributed by atoms with Gasteiger partial charge in [0.25, 0.3) is 0 Å². The number of amides is 2. The molecule has 1 saturated heterocycles. The predicted octanol–water partition coefficient (Wildman–Crippen LogP) is 3.97. The van der Waals surface area contributed by atoms with Crippen molar-refractivity contribution >= 4 is 12.0 Å². The summed E-state index contributed by atoms with van der Waals surface area (Å²) in [6, 6.07) is 19.4. The van der Waals surface area contributed by atoms with Crippen molar-refractivity contribution in [2.45, 2.75) is 45.9 Å². The first-order valence-electron chi connectivity index (χ1n) is 11.5. The zero-order chi connectivity index (χ0) is 22.8. The third-order valence-corrected chi connectivity index (χ3v) is 5.85. The van der Waals surface area contributed by atoms with Gasteiger partial charge in [-0.05, 0) is 42.3 Å². The molecule has 2 aromatic rings. The zero-order valence-corrected chi connectivity index (χ0v) is 19.1. The van der Waals surface area contributed by atoms with Crippen molar-refractivity contribution in [3.05, 3.63) is 71.8 Å². The number of nitrogens with one attached hydrogen (secondary N) is 2. The number of rotatable bonds is 9. The molecule has 2 N–H and O–H groups in total. The molecule has 0 spiro atoms. The molecule has 1 aliphatic heterocycles. The Hall–Kier alpha value is -2.86. The number of carbonyl (C=O) groups excluding carboxylic acids is 2. The van der Waals surface area contributed by atoms with Crippen molar-refractivity contribution in [3.63, 3.8) is 0 Å². The molecule has 2 aromatic carbocycles. The summed E-state index contributed by atoms with van der Waals surface area (Å²) in [5, 5.41) is 5.79. The molecule has 0 radical (unpaired) electrons. The maximum atomic E-state index is 12.8. The number of piperidine rings is 1. The molecule has 0 bridgehead atoms. The van der Waals surface area contributed by atoms with Crippen LogP contribution in [0.1, 0.15) is 37.8 Å². The van der Waals surface area contributed by atoms with Crippen LogP contribution in [0.3, 0.4) is 0 Å². The lowest BCUT2D eigenvalue weighted by Gasteiger charge is -2.33. The van der Waals surface area contributed by atoms with Gasteiger partial charge in [0.15, 0.2) is 0 Å². The van der Waals surface area contributed by atoms with Crippen LogP contribution >= 0.6 is 0 Å². The van der Waals surface area contributed by atoms with E-state index in [0.29, 0.717) is 12.5 Å². The quantitative estimate of drug-likeness (QED) is 0.623. The lowest BCUT2D eigenvalue weighted by Crippen LogP contribution is -2.51. The fourth-order valence-electron chi connectivity index (χ4n) is 4.08. The molecule has 6 nitrogen and oxygen atoms in total. The van der Waals surface area contributed by atoms with Crippen molar-refractivity contribution in [1.29, 1.82) is 0 Å². The van der Waals surface area contributed by atoms with Gasteiger partial charge in [-0.15, -0.1) is 0 Å². The third-order valence-electron chi connectivity index (χ3n) is 5.85. The largest absolute Gasteiger partial charge is 0.445 e. The van der Waals surface area contributed by atoms with Crippen LogP contribution in [0.4, 0.5) is 4.79 Å². The molecule has 2 amide bonds. The van der Waals surface area contributed by atoms with Crippen LogP contribution in [-0.4, -0.2) is 42.6 Å². The van der Waals surface area contributed by atoms with Crippen molar-refractivity contribution in [3.8, 4) is 0 Å². The SMILES string of the molecule is CC(C)[C@H](NC(=O)OCc1ccccc1)C(=O)NCC1CCCN(Cc2ccccc2)C1. The van der Waals surface area contributed by atoms with E-state index < -0.39 is 12.1 Å². The van der Waals surface area contributed by atoms with E-state index >= 15 is 0 Å². The first-order valence-corrected chi connectivity index (χ1v) is 11.5. The Balaban J connectivity index is 1.44. The molecule has 1 heterocycles. The normalized spacial score (nSPS) is 17.5. The van der Waals surface area contributed by atoms with E-state index in [9.17, 15) is 9.59 Å². The molecule has 2 atom stereocenters. The Bertz CT molecular complexity index is 842. The number of benzene rings is 2. The summed E-state index contributed by atoms with van der Waals surface area (Å²) < 4.78 is 5.29. The second-order valence-corrected chi connectivity index (χ2v) is 8.90. The van der Waals surface area contributed by atoms with Crippen LogP contribution in [0.15, 0.2) is 60.7 Å². The predicted molar refractivity (Wildman–Crippen MR) is 126 cm³/mol. The first-order chi connectivity index (χ1) is 15.5. The minimum atomic E-state index is -0.623. The van der Waals surface area contributed by atoms with Gasteiger partial charge in [-0.1, -0.05) is 74.5 Å². The van der Waals surface area contributed by atoms with Crippen LogP contribution in [0, 0.1) is 11.8 Å². The Kier molecular flexibility index (Phi) is 9.11. The van der Waals surface area contributed by atoms with Crippen LogP contribution in [-0.2, 0) is 22.7 Å². The number of ether oxygens (including phenoxy) is 1. The van der Waals surface area contributed by atoms with Crippen LogP contribution in [0.2, 0.25) is 0 Å². The lowest BCUT2D eigenvalue weighted by atomic mass is 9.97. The van der Waals surface area contributed by atoms with Gasteiger partial charge in [0.2, 0.25) is 5.91 Å². The summed E-state index contributed by atoms with van der Waals surface area (Å²) in [6.45, 7) is 7.63. The number of hydrogen-bond donors (Lipinski definition) is 2. The summed E-state index contributed by atoms with van der Waals surface area (Å²) in [7, 11) is 0. The van der Waals surface area contributed by atoms with E-state index in [1.165, 1.54) is 5.56 Å². The van der Waals surface area contributed by atoms with Gasteiger partial charge in [0.05, 0.1) is 0 Å². The van der Waals surface area contributed by atoms with E-state index in [0.717, 1.165) is 38.0 Å². The molecule has 6 heteroatoms. The highest BCUT2D eigenvalue weighted by atomic mass is 16.5. The average Bonchev–Trinajstić information content (AvgIpc) is 2.81. The fraction of sp³-hybridized carbons (Fsp3) is 0.462. The van der Waals surface area contributed by atoms with Gasteiger partial charge in [0.1, 0.15) is 12.6 Å². The molecule has 0 saturated carbocycles. The summed E-state index contributed by atoms with van der Waals surface area (Å²) in [4.78, 5) is 27.5. The molecule has 1 aliphatic rings. The molecule has 0 aromatic heterocycles. The van der Waals surface area contributed by atoms with E-state index in [-0.39, 0.29) is 18.4 Å². The van der Waals surface area contributed by atoms with E-state index in [4.69, 9.17) is 4.74 Å². The first kappa shape index (κ1) is 23.8. The highest BCUT2D eigenvalue weighted by Gasteiger charge is 2.26. The van der Waals surface area contributed by atoms with E-state index in [2.05, 4.69) is 39.8 Å². The number of hydrogen-bond acceptors (Lipinski definition) is 4. The van der Waals surface area contributed by atoms with Gasteiger partial charge in [-0.3, -0.25) is 9.69 Å². The van der Waals surface area contributed by atoms with Gasteiger partial charge >= 0.3 is 6.09 Å². The smallest absolute Gasteiger partial charge is 0.408 e. The van der Waals surface area contributed by atoms with Crippen LogP contribution in [0.25, 0.3) is 0 Å². The van der Waals surface area contributed by atoms with Gasteiger partial charge in [-0.2, -0.15) is 0 Å². The summed E-state index contributed by atoms with van der Waals surface area (Å²) in [6.07, 6.45) is 1.66. The number of carbonyl (C=O) groups is 2. The van der Waals surface area contributed by atoms with E-state index in [1.54, 1.807) is 0 Å². The maximum absolute atomic E-state index is 12.8. The van der Waals surface area contributed by atoms with Gasteiger partial charge < -0.3 is 15.4 Å². The third kappa shape index (κ3) is 7.68. The Morgan fingerprint density at radius 3 is 2.34 bits per heavy atom. The molecule has 0 aliphatic carbocycles. The molecule has 1 fully saturated rings. The van der Waals surface area contributed by atoms with E-state index in [1.807, 2.05) is 50.2 Å². The molecule has 1 unspecified atom stereocenters. The highest BCUT2D eigenvalue weighted by Crippen LogP contribution is 2.18. The van der Waals surface area contributed by atoms with Crippen molar-refractivity contribution in [2.24, 2.45) is 11.8 Å².